The van der Waals surface area contributed by atoms with E-state index in [1.54, 1.807) is 4.90 Å². The smallest absolute Gasteiger partial charge is 0.247 e. The third-order valence-electron chi connectivity index (χ3n) is 7.24. The van der Waals surface area contributed by atoms with Gasteiger partial charge in [0.1, 0.15) is 11.9 Å². The van der Waals surface area contributed by atoms with E-state index in [0.29, 0.717) is 37.7 Å². The number of aryl methyl sites for hydroxylation is 1. The molecule has 5 rings (SSSR count). The lowest BCUT2D eigenvalue weighted by Crippen LogP contribution is -2.48. The van der Waals surface area contributed by atoms with Gasteiger partial charge in [-0.3, -0.25) is 14.6 Å². The number of para-hydroxylation sites is 1. The van der Waals surface area contributed by atoms with Crippen molar-refractivity contribution < 1.29 is 22.3 Å². The molecule has 0 aliphatic carbocycles. The molecule has 0 radical (unpaired) electrons. The van der Waals surface area contributed by atoms with Crippen molar-refractivity contribution in [2.75, 3.05) is 50.8 Å². The number of halogens is 1. The van der Waals surface area contributed by atoms with Crippen molar-refractivity contribution in [2.45, 2.75) is 43.5 Å². The number of nitrogens with zero attached hydrogens (tertiary/aromatic N) is 4. The van der Waals surface area contributed by atoms with Gasteiger partial charge in [0.25, 0.3) is 0 Å². The largest absolute Gasteiger partial charge is 0.379 e. The van der Waals surface area contributed by atoms with Crippen LogP contribution in [0.5, 0.6) is 0 Å². The van der Waals surface area contributed by atoms with Crippen LogP contribution in [-0.2, 0) is 26.0 Å². The van der Waals surface area contributed by atoms with Crippen LogP contribution < -0.4 is 4.90 Å². The Bertz CT molecular complexity index is 1370. The zero-order chi connectivity index (χ0) is 26.7. The topological polar surface area (TPSA) is 83.0 Å². The molecule has 2 fully saturated rings. The summed E-state index contributed by atoms with van der Waals surface area (Å²) < 4.78 is 48.1. The van der Waals surface area contributed by atoms with Crippen molar-refractivity contribution in [3.63, 3.8) is 0 Å². The zero-order valence-corrected chi connectivity index (χ0v) is 23.1. The van der Waals surface area contributed by atoms with E-state index in [1.807, 2.05) is 18.2 Å². The van der Waals surface area contributed by atoms with E-state index in [2.05, 4.69) is 11.8 Å². The first-order valence-corrected chi connectivity index (χ1v) is 15.4. The van der Waals surface area contributed by atoms with E-state index in [1.165, 1.54) is 27.8 Å². The van der Waals surface area contributed by atoms with Crippen LogP contribution in [0.25, 0.3) is 10.2 Å². The number of amides is 1. The number of aromatic nitrogens is 1. The second-order valence-corrected chi connectivity index (χ2v) is 12.5. The summed E-state index contributed by atoms with van der Waals surface area (Å²) in [7, 11) is -3.96. The fourth-order valence-electron chi connectivity index (χ4n) is 5.17. The van der Waals surface area contributed by atoms with Gasteiger partial charge in [0.05, 0.1) is 28.3 Å². The Balaban J connectivity index is 1.43. The first kappa shape index (κ1) is 27.1. The highest BCUT2D eigenvalue weighted by Gasteiger charge is 2.42. The van der Waals surface area contributed by atoms with Crippen LogP contribution in [0.15, 0.2) is 47.4 Å². The lowest BCUT2D eigenvalue weighted by Gasteiger charge is -2.30. The molecule has 0 N–H and O–H groups in total. The van der Waals surface area contributed by atoms with Gasteiger partial charge in [0.2, 0.25) is 15.9 Å². The molecular formula is C27H33FN4O4S2. The quantitative estimate of drug-likeness (QED) is 0.395. The Morgan fingerprint density at radius 2 is 1.92 bits per heavy atom. The van der Waals surface area contributed by atoms with Crippen LogP contribution in [0.3, 0.4) is 0 Å². The van der Waals surface area contributed by atoms with Gasteiger partial charge in [-0.1, -0.05) is 30.4 Å². The van der Waals surface area contributed by atoms with E-state index in [0.717, 1.165) is 60.4 Å². The molecule has 0 saturated carbocycles. The molecule has 2 aromatic carbocycles. The normalized spacial score (nSPS) is 19.3. The van der Waals surface area contributed by atoms with Crippen LogP contribution in [0.4, 0.5) is 9.52 Å². The molecule has 3 aromatic rings. The summed E-state index contributed by atoms with van der Waals surface area (Å²) in [6, 6.07) is 9.99. The molecule has 1 atom stereocenters. The van der Waals surface area contributed by atoms with Crippen LogP contribution >= 0.6 is 11.3 Å². The number of anilines is 1. The van der Waals surface area contributed by atoms with Gasteiger partial charge in [-0.2, -0.15) is 4.31 Å². The number of hydrogen-bond acceptors (Lipinski definition) is 7. The Morgan fingerprint density at radius 1 is 1.16 bits per heavy atom. The number of fused-ring (bicyclic) bond motifs is 1. The molecule has 8 nitrogen and oxygen atoms in total. The molecule has 38 heavy (non-hydrogen) atoms. The maximum Gasteiger partial charge on any atom is 0.247 e. The summed E-state index contributed by atoms with van der Waals surface area (Å²) in [6.45, 7) is 6.73. The Kier molecular flexibility index (Phi) is 8.39. The average Bonchev–Trinajstić information content (AvgIpc) is 3.60. The first-order valence-electron chi connectivity index (χ1n) is 13.2. The second kappa shape index (κ2) is 11.7. The van der Waals surface area contributed by atoms with Crippen LogP contribution in [0, 0.1) is 5.82 Å². The van der Waals surface area contributed by atoms with Crippen LogP contribution in [0.2, 0.25) is 0 Å². The molecule has 1 amide bonds. The number of carbonyl (C=O) groups is 1. The van der Waals surface area contributed by atoms with Crippen molar-refractivity contribution in [1.29, 1.82) is 0 Å². The number of thiazole rings is 1. The molecule has 2 saturated heterocycles. The minimum Gasteiger partial charge on any atom is -0.379 e. The van der Waals surface area contributed by atoms with E-state index in [9.17, 15) is 17.6 Å². The van der Waals surface area contributed by atoms with Gasteiger partial charge in [-0.25, -0.2) is 17.8 Å². The second-order valence-electron chi connectivity index (χ2n) is 9.64. The van der Waals surface area contributed by atoms with Crippen molar-refractivity contribution >= 4 is 42.6 Å². The minimum atomic E-state index is -3.96. The Morgan fingerprint density at radius 3 is 2.66 bits per heavy atom. The summed E-state index contributed by atoms with van der Waals surface area (Å²) in [6.07, 6.45) is 2.58. The van der Waals surface area contributed by atoms with Gasteiger partial charge in [0.15, 0.2) is 5.13 Å². The Hall–Kier alpha value is -2.44. The number of sulfonamides is 1. The van der Waals surface area contributed by atoms with Crippen molar-refractivity contribution in [2.24, 2.45) is 0 Å². The molecule has 3 heterocycles. The van der Waals surface area contributed by atoms with Gasteiger partial charge in [-0.05, 0) is 61.6 Å². The number of benzene rings is 2. The van der Waals surface area contributed by atoms with Crippen molar-refractivity contribution in [3.05, 3.63) is 53.8 Å². The van der Waals surface area contributed by atoms with Crippen LogP contribution in [-0.4, -0.2) is 80.5 Å². The van der Waals surface area contributed by atoms with Crippen molar-refractivity contribution in [3.8, 4) is 0 Å². The summed E-state index contributed by atoms with van der Waals surface area (Å²) in [5.41, 5.74) is 2.01. The monoisotopic (exact) mass is 560 g/mol. The van der Waals surface area contributed by atoms with Gasteiger partial charge in [0, 0.05) is 32.7 Å². The lowest BCUT2D eigenvalue weighted by atomic mass is 10.1. The van der Waals surface area contributed by atoms with E-state index in [4.69, 9.17) is 9.72 Å². The first-order chi connectivity index (χ1) is 18.4. The molecule has 0 bridgehead atoms. The fraction of sp³-hybridized carbons (Fsp3) is 0.481. The summed E-state index contributed by atoms with van der Waals surface area (Å²) in [5.74, 6) is -0.765. The highest BCUT2D eigenvalue weighted by molar-refractivity contribution is 7.89. The SMILES string of the molecule is CCc1cccc2sc(N(CCCN3CCOCC3)C(=O)C3CCCN3S(=O)(=O)c3ccc(F)cc3)nc12. The number of ether oxygens (including phenoxy) is 1. The summed E-state index contributed by atoms with van der Waals surface area (Å²) in [4.78, 5) is 23.0. The van der Waals surface area contributed by atoms with Crippen LogP contribution in [0.1, 0.15) is 31.7 Å². The number of rotatable bonds is 9. The van der Waals surface area contributed by atoms with E-state index >= 15 is 0 Å². The highest BCUT2D eigenvalue weighted by Crippen LogP contribution is 2.34. The molecule has 2 aliphatic rings. The maximum atomic E-state index is 14.1. The molecule has 2 aliphatic heterocycles. The van der Waals surface area contributed by atoms with Gasteiger partial charge < -0.3 is 4.74 Å². The standard InChI is InChI=1S/C27H33FN4O4S2/c1-2-20-6-3-8-24-25(20)29-27(37-24)31(14-5-13-30-16-18-36-19-17-30)26(33)23-7-4-15-32(23)38(34,35)22-11-9-21(28)10-12-22/h3,6,8-12,23H,2,4-5,7,13-19H2,1H3. The number of hydrogen-bond donors (Lipinski definition) is 0. The molecule has 1 aromatic heterocycles. The average molecular weight is 561 g/mol. The molecular weight excluding hydrogens is 527 g/mol. The highest BCUT2D eigenvalue weighted by atomic mass is 32.2. The molecule has 1 unspecified atom stereocenters. The zero-order valence-electron chi connectivity index (χ0n) is 21.5. The summed E-state index contributed by atoms with van der Waals surface area (Å²) in [5, 5.41) is 0.596. The minimum absolute atomic E-state index is 0.00922. The molecule has 11 heteroatoms. The fourth-order valence-corrected chi connectivity index (χ4v) is 7.86. The van der Waals surface area contributed by atoms with E-state index < -0.39 is 21.9 Å². The third-order valence-corrected chi connectivity index (χ3v) is 10.2. The lowest BCUT2D eigenvalue weighted by molar-refractivity contribution is -0.121. The van der Waals surface area contributed by atoms with E-state index in [-0.39, 0.29) is 17.3 Å². The molecule has 204 valence electrons. The summed E-state index contributed by atoms with van der Waals surface area (Å²) >= 11 is 1.47. The predicted molar refractivity (Wildman–Crippen MR) is 147 cm³/mol. The number of morpholine rings is 1. The number of carbonyl (C=O) groups excluding carboxylic acids is 1. The predicted octanol–water partition coefficient (Wildman–Crippen LogP) is 3.91. The maximum absolute atomic E-state index is 14.1. The van der Waals surface area contributed by atoms with Crippen molar-refractivity contribution in [1.82, 2.24) is 14.2 Å². The van der Waals surface area contributed by atoms with Gasteiger partial charge in [-0.15, -0.1) is 0 Å². The molecule has 0 spiro atoms. The van der Waals surface area contributed by atoms with Gasteiger partial charge >= 0.3 is 0 Å². The third kappa shape index (κ3) is 5.62. The Labute approximate surface area is 227 Å².